The number of rotatable bonds is 3. The molecule has 108 valence electrons. The molecule has 4 aromatic rings. The number of aromatic nitrogens is 3. The van der Waals surface area contributed by atoms with Gasteiger partial charge in [0.05, 0.1) is 0 Å². The highest BCUT2D eigenvalue weighted by Crippen LogP contribution is 2.24. The van der Waals surface area contributed by atoms with Gasteiger partial charge in [-0.2, -0.15) is 11.3 Å². The van der Waals surface area contributed by atoms with E-state index in [4.69, 9.17) is 0 Å². The van der Waals surface area contributed by atoms with Crippen molar-refractivity contribution >= 4 is 17.0 Å². The maximum Gasteiger partial charge on any atom is 0.276 e. The van der Waals surface area contributed by atoms with E-state index in [-0.39, 0.29) is 5.56 Å². The van der Waals surface area contributed by atoms with Gasteiger partial charge in [0.2, 0.25) is 0 Å². The molecule has 0 aliphatic heterocycles. The first kappa shape index (κ1) is 13.0. The fraction of sp³-hybridized carbons (Fsp3) is 0.0588. The Kier molecular flexibility index (Phi) is 3.12. The minimum atomic E-state index is -0.0460. The van der Waals surface area contributed by atoms with E-state index in [1.165, 1.54) is 4.52 Å². The van der Waals surface area contributed by atoms with Crippen molar-refractivity contribution in [2.24, 2.45) is 0 Å². The first-order chi connectivity index (χ1) is 10.8. The number of hydrogen-bond donors (Lipinski definition) is 1. The van der Waals surface area contributed by atoms with Crippen molar-refractivity contribution in [3.8, 4) is 11.1 Å². The van der Waals surface area contributed by atoms with Crippen LogP contribution < -0.4 is 5.56 Å². The molecule has 1 aromatic carbocycles. The summed E-state index contributed by atoms with van der Waals surface area (Å²) in [6, 6.07) is 12.0. The molecular formula is C17H13N3OS. The average molecular weight is 307 g/mol. The molecule has 0 unspecified atom stereocenters. The first-order valence-corrected chi connectivity index (χ1v) is 7.92. The van der Waals surface area contributed by atoms with Crippen molar-refractivity contribution in [1.29, 1.82) is 0 Å². The molecule has 0 spiro atoms. The Hall–Kier alpha value is -2.66. The Labute approximate surface area is 130 Å². The maximum atomic E-state index is 12.6. The molecule has 0 fully saturated rings. The molecule has 3 heterocycles. The Morgan fingerprint density at radius 1 is 1.18 bits per heavy atom. The SMILES string of the molecule is O=c1c(Cc2ccccc2)cnc2c(-c3ccsc3)c[nH]n12. The van der Waals surface area contributed by atoms with Crippen LogP contribution in [0.1, 0.15) is 11.1 Å². The molecule has 0 aliphatic carbocycles. The molecule has 3 aromatic heterocycles. The summed E-state index contributed by atoms with van der Waals surface area (Å²) < 4.78 is 1.52. The Bertz CT molecular complexity index is 968. The monoisotopic (exact) mass is 307 g/mol. The fourth-order valence-corrected chi connectivity index (χ4v) is 3.22. The number of H-pyrrole nitrogens is 1. The van der Waals surface area contributed by atoms with Crippen LogP contribution in [0.5, 0.6) is 0 Å². The van der Waals surface area contributed by atoms with Crippen molar-refractivity contribution in [2.75, 3.05) is 0 Å². The zero-order valence-electron chi connectivity index (χ0n) is 11.7. The van der Waals surface area contributed by atoms with Gasteiger partial charge < -0.3 is 0 Å². The molecule has 4 nitrogen and oxygen atoms in total. The van der Waals surface area contributed by atoms with E-state index < -0.39 is 0 Å². The lowest BCUT2D eigenvalue weighted by Crippen LogP contribution is -2.19. The van der Waals surface area contributed by atoms with Crippen LogP contribution in [0.2, 0.25) is 0 Å². The second kappa shape index (κ2) is 5.27. The molecule has 0 bridgehead atoms. The zero-order chi connectivity index (χ0) is 14.9. The first-order valence-electron chi connectivity index (χ1n) is 6.97. The largest absolute Gasteiger partial charge is 0.296 e. The summed E-state index contributed by atoms with van der Waals surface area (Å²) in [5.74, 6) is 0. The number of nitrogens with one attached hydrogen (secondary N) is 1. The van der Waals surface area contributed by atoms with Crippen LogP contribution >= 0.6 is 11.3 Å². The van der Waals surface area contributed by atoms with Crippen molar-refractivity contribution < 1.29 is 0 Å². The van der Waals surface area contributed by atoms with E-state index >= 15 is 0 Å². The van der Waals surface area contributed by atoms with Crippen LogP contribution in [0.3, 0.4) is 0 Å². The Balaban J connectivity index is 1.81. The van der Waals surface area contributed by atoms with Gasteiger partial charge in [0.15, 0.2) is 5.65 Å². The van der Waals surface area contributed by atoms with Gasteiger partial charge >= 0.3 is 0 Å². The number of nitrogens with zero attached hydrogens (tertiary/aromatic N) is 2. The summed E-state index contributed by atoms with van der Waals surface area (Å²) >= 11 is 1.63. The van der Waals surface area contributed by atoms with Crippen molar-refractivity contribution in [3.05, 3.63) is 81.0 Å². The molecule has 22 heavy (non-hydrogen) atoms. The zero-order valence-corrected chi connectivity index (χ0v) is 12.5. The summed E-state index contributed by atoms with van der Waals surface area (Å²) in [4.78, 5) is 17.1. The predicted octanol–water partition coefficient (Wildman–Crippen LogP) is 3.34. The third-order valence-corrected chi connectivity index (χ3v) is 4.36. The molecule has 0 saturated carbocycles. The third kappa shape index (κ3) is 2.16. The molecule has 0 amide bonds. The molecular weight excluding hydrogens is 294 g/mol. The van der Waals surface area contributed by atoms with E-state index in [1.54, 1.807) is 17.5 Å². The number of fused-ring (bicyclic) bond motifs is 1. The average Bonchev–Trinajstić information content (AvgIpc) is 3.20. The molecule has 0 atom stereocenters. The Morgan fingerprint density at radius 2 is 2.05 bits per heavy atom. The van der Waals surface area contributed by atoms with Gasteiger partial charge in [-0.05, 0) is 28.0 Å². The van der Waals surface area contributed by atoms with Crippen LogP contribution in [0.25, 0.3) is 16.8 Å². The summed E-state index contributed by atoms with van der Waals surface area (Å²) in [5, 5.41) is 7.08. The van der Waals surface area contributed by atoms with Crippen molar-refractivity contribution in [3.63, 3.8) is 0 Å². The quantitative estimate of drug-likeness (QED) is 0.631. The second-order valence-electron chi connectivity index (χ2n) is 5.11. The number of benzene rings is 1. The van der Waals surface area contributed by atoms with Gasteiger partial charge in [-0.25, -0.2) is 9.50 Å². The normalized spacial score (nSPS) is 11.1. The lowest BCUT2D eigenvalue weighted by atomic mass is 10.1. The molecule has 5 heteroatoms. The summed E-state index contributed by atoms with van der Waals surface area (Å²) in [6.07, 6.45) is 4.11. The summed E-state index contributed by atoms with van der Waals surface area (Å²) in [6.45, 7) is 0. The predicted molar refractivity (Wildman–Crippen MR) is 88.4 cm³/mol. The summed E-state index contributed by atoms with van der Waals surface area (Å²) in [7, 11) is 0. The second-order valence-corrected chi connectivity index (χ2v) is 5.89. The van der Waals surface area contributed by atoms with Gasteiger partial charge in [-0.1, -0.05) is 30.3 Å². The number of hydrogen-bond acceptors (Lipinski definition) is 3. The van der Waals surface area contributed by atoms with E-state index in [1.807, 2.05) is 53.4 Å². The van der Waals surface area contributed by atoms with E-state index in [0.717, 1.165) is 16.7 Å². The van der Waals surface area contributed by atoms with Gasteiger partial charge in [0.25, 0.3) is 5.56 Å². The van der Waals surface area contributed by atoms with E-state index in [9.17, 15) is 4.79 Å². The van der Waals surface area contributed by atoms with Gasteiger partial charge in [0, 0.05) is 29.9 Å². The van der Waals surface area contributed by atoms with Crippen LogP contribution in [0.4, 0.5) is 0 Å². The summed E-state index contributed by atoms with van der Waals surface area (Å²) in [5.41, 5.74) is 4.43. The van der Waals surface area contributed by atoms with Crippen LogP contribution in [0, 0.1) is 0 Å². The Morgan fingerprint density at radius 3 is 2.82 bits per heavy atom. The van der Waals surface area contributed by atoms with Crippen molar-refractivity contribution in [2.45, 2.75) is 6.42 Å². The van der Waals surface area contributed by atoms with E-state index in [0.29, 0.717) is 17.6 Å². The molecule has 0 saturated heterocycles. The standard InChI is InChI=1S/C17H13N3OS/c21-17-14(8-12-4-2-1-3-5-12)9-18-16-15(10-19-20(16)17)13-6-7-22-11-13/h1-7,9-11,19H,8H2. The van der Waals surface area contributed by atoms with E-state index in [2.05, 4.69) is 10.1 Å². The molecule has 0 aliphatic rings. The van der Waals surface area contributed by atoms with Gasteiger partial charge in [0.1, 0.15) is 0 Å². The smallest absolute Gasteiger partial charge is 0.276 e. The highest BCUT2D eigenvalue weighted by molar-refractivity contribution is 7.08. The van der Waals surface area contributed by atoms with Gasteiger partial charge in [-0.3, -0.25) is 9.89 Å². The van der Waals surface area contributed by atoms with Crippen LogP contribution in [-0.2, 0) is 6.42 Å². The lowest BCUT2D eigenvalue weighted by molar-refractivity contribution is 0.873. The third-order valence-electron chi connectivity index (χ3n) is 3.68. The number of aromatic amines is 1. The van der Waals surface area contributed by atoms with Crippen LogP contribution in [0.15, 0.2) is 64.3 Å². The number of thiophene rings is 1. The minimum absolute atomic E-state index is 0.0460. The minimum Gasteiger partial charge on any atom is -0.296 e. The topological polar surface area (TPSA) is 50.2 Å². The maximum absolute atomic E-state index is 12.6. The van der Waals surface area contributed by atoms with Gasteiger partial charge in [-0.15, -0.1) is 0 Å². The van der Waals surface area contributed by atoms with Crippen LogP contribution in [-0.4, -0.2) is 14.6 Å². The van der Waals surface area contributed by atoms with Crippen molar-refractivity contribution in [1.82, 2.24) is 14.6 Å². The molecule has 4 rings (SSSR count). The highest BCUT2D eigenvalue weighted by Gasteiger charge is 2.12. The molecule has 0 radical (unpaired) electrons. The highest BCUT2D eigenvalue weighted by atomic mass is 32.1. The lowest BCUT2D eigenvalue weighted by Gasteiger charge is -2.02. The molecule has 1 N–H and O–H groups in total. The fourth-order valence-electron chi connectivity index (χ4n) is 2.56.